The number of hydrogen-bond donors (Lipinski definition) is 2. The van der Waals surface area contributed by atoms with E-state index in [9.17, 15) is 0 Å². The quantitative estimate of drug-likeness (QED) is 0.152. The predicted octanol–water partition coefficient (Wildman–Crippen LogP) is 8.17. The Kier molecular flexibility index (Phi) is 26.8. The van der Waals surface area contributed by atoms with Crippen LogP contribution in [0.2, 0.25) is 0 Å². The summed E-state index contributed by atoms with van der Waals surface area (Å²) in [5.74, 6) is 0. The number of aliphatic hydroxyl groups is 1. The van der Waals surface area contributed by atoms with Crippen LogP contribution in [-0.4, -0.2) is 24.8 Å². The van der Waals surface area contributed by atoms with Crippen molar-refractivity contribution in [3.63, 3.8) is 0 Å². The molecule has 2 nitrogen and oxygen atoms in total. The van der Waals surface area contributed by atoms with Gasteiger partial charge in [0.1, 0.15) is 0 Å². The second kappa shape index (κ2) is 26.9. The molecule has 0 saturated heterocycles. The van der Waals surface area contributed by atoms with Crippen LogP contribution in [0.4, 0.5) is 0 Å². The van der Waals surface area contributed by atoms with E-state index in [1.165, 1.54) is 135 Å². The number of aliphatic hydroxyl groups excluding tert-OH is 1. The SMILES string of the molecule is CCCCCCCCCCCCCCCCCCCCCCCNCCCO. The molecule has 2 N–H and O–H groups in total. The van der Waals surface area contributed by atoms with Crippen LogP contribution in [0.1, 0.15) is 148 Å². The van der Waals surface area contributed by atoms with Gasteiger partial charge in [0.05, 0.1) is 0 Å². The number of nitrogens with one attached hydrogen (secondary N) is 1. The van der Waals surface area contributed by atoms with E-state index >= 15 is 0 Å². The second-order valence-corrected chi connectivity index (χ2v) is 8.90. The van der Waals surface area contributed by atoms with Gasteiger partial charge in [-0.25, -0.2) is 0 Å². The van der Waals surface area contributed by atoms with Crippen molar-refractivity contribution >= 4 is 0 Å². The van der Waals surface area contributed by atoms with Gasteiger partial charge in [-0.15, -0.1) is 0 Å². The molecule has 170 valence electrons. The van der Waals surface area contributed by atoms with E-state index in [1.54, 1.807) is 0 Å². The molecule has 0 spiro atoms. The Hall–Kier alpha value is -0.0800. The Balaban J connectivity index is 2.96. The van der Waals surface area contributed by atoms with Gasteiger partial charge in [-0.1, -0.05) is 135 Å². The molecule has 0 fully saturated rings. The fourth-order valence-corrected chi connectivity index (χ4v) is 4.01. The summed E-state index contributed by atoms with van der Waals surface area (Å²) in [6.07, 6.45) is 31.2. The van der Waals surface area contributed by atoms with E-state index in [1.807, 2.05) is 0 Å². The third kappa shape index (κ3) is 25.9. The highest BCUT2D eigenvalue weighted by Crippen LogP contribution is 2.14. The van der Waals surface area contributed by atoms with Crippen molar-refractivity contribution in [3.8, 4) is 0 Å². The van der Waals surface area contributed by atoms with Gasteiger partial charge in [-0.2, -0.15) is 0 Å². The second-order valence-electron chi connectivity index (χ2n) is 8.90. The average molecular weight is 398 g/mol. The zero-order chi connectivity index (χ0) is 20.4. The summed E-state index contributed by atoms with van der Waals surface area (Å²) >= 11 is 0. The van der Waals surface area contributed by atoms with Crippen LogP contribution in [0, 0.1) is 0 Å². The van der Waals surface area contributed by atoms with E-state index < -0.39 is 0 Å². The van der Waals surface area contributed by atoms with Crippen molar-refractivity contribution in [1.82, 2.24) is 5.32 Å². The Morgan fingerprint density at radius 1 is 0.393 bits per heavy atom. The number of hydrogen-bond acceptors (Lipinski definition) is 2. The third-order valence-electron chi connectivity index (χ3n) is 5.97. The fraction of sp³-hybridized carbons (Fsp3) is 1.00. The van der Waals surface area contributed by atoms with Crippen LogP contribution >= 0.6 is 0 Å². The van der Waals surface area contributed by atoms with Gasteiger partial charge in [0.15, 0.2) is 0 Å². The van der Waals surface area contributed by atoms with Crippen molar-refractivity contribution in [2.24, 2.45) is 0 Å². The van der Waals surface area contributed by atoms with Crippen LogP contribution in [-0.2, 0) is 0 Å². The summed E-state index contributed by atoms with van der Waals surface area (Å²) in [7, 11) is 0. The first-order valence-corrected chi connectivity index (χ1v) is 13.2. The van der Waals surface area contributed by atoms with Crippen LogP contribution < -0.4 is 5.32 Å². The molecule has 0 heterocycles. The maximum atomic E-state index is 8.70. The summed E-state index contributed by atoms with van der Waals surface area (Å²) in [5.41, 5.74) is 0. The van der Waals surface area contributed by atoms with Crippen LogP contribution in [0.3, 0.4) is 0 Å². The van der Waals surface area contributed by atoms with Gasteiger partial charge >= 0.3 is 0 Å². The van der Waals surface area contributed by atoms with E-state index in [0.717, 1.165) is 19.5 Å². The van der Waals surface area contributed by atoms with E-state index in [4.69, 9.17) is 5.11 Å². The van der Waals surface area contributed by atoms with Crippen molar-refractivity contribution in [3.05, 3.63) is 0 Å². The van der Waals surface area contributed by atoms with E-state index in [-0.39, 0.29) is 0 Å². The molecule has 0 rings (SSSR count). The van der Waals surface area contributed by atoms with Crippen molar-refractivity contribution in [1.29, 1.82) is 0 Å². The fourth-order valence-electron chi connectivity index (χ4n) is 4.01. The lowest BCUT2D eigenvalue weighted by Gasteiger charge is -2.05. The van der Waals surface area contributed by atoms with Gasteiger partial charge < -0.3 is 10.4 Å². The highest BCUT2D eigenvalue weighted by atomic mass is 16.3. The molecule has 0 aromatic carbocycles. The van der Waals surface area contributed by atoms with Crippen LogP contribution in [0.5, 0.6) is 0 Å². The molecular weight excluding hydrogens is 342 g/mol. The Morgan fingerprint density at radius 2 is 0.679 bits per heavy atom. The highest BCUT2D eigenvalue weighted by molar-refractivity contribution is 4.52. The zero-order valence-electron chi connectivity index (χ0n) is 19.6. The molecular formula is C26H55NO. The monoisotopic (exact) mass is 397 g/mol. The summed E-state index contributed by atoms with van der Waals surface area (Å²) in [6, 6.07) is 0. The normalized spacial score (nSPS) is 11.4. The lowest BCUT2D eigenvalue weighted by Crippen LogP contribution is -2.17. The third-order valence-corrected chi connectivity index (χ3v) is 5.97. The van der Waals surface area contributed by atoms with Gasteiger partial charge in [0, 0.05) is 6.61 Å². The molecule has 0 bridgehead atoms. The lowest BCUT2D eigenvalue weighted by molar-refractivity contribution is 0.286. The predicted molar refractivity (Wildman–Crippen MR) is 127 cm³/mol. The molecule has 28 heavy (non-hydrogen) atoms. The first-order chi connectivity index (χ1) is 13.9. The van der Waals surface area contributed by atoms with Crippen molar-refractivity contribution < 1.29 is 5.11 Å². The average Bonchev–Trinajstić information content (AvgIpc) is 2.71. The molecule has 0 radical (unpaired) electrons. The van der Waals surface area contributed by atoms with Gasteiger partial charge in [0.25, 0.3) is 0 Å². The minimum absolute atomic E-state index is 0.312. The molecule has 0 aliphatic heterocycles. The zero-order valence-corrected chi connectivity index (χ0v) is 19.6. The Bertz CT molecular complexity index is 231. The minimum Gasteiger partial charge on any atom is -0.396 e. The van der Waals surface area contributed by atoms with E-state index in [2.05, 4.69) is 12.2 Å². The van der Waals surface area contributed by atoms with Gasteiger partial charge in [-0.3, -0.25) is 0 Å². The highest BCUT2D eigenvalue weighted by Gasteiger charge is 1.95. The van der Waals surface area contributed by atoms with Crippen LogP contribution in [0.15, 0.2) is 0 Å². The molecule has 0 aliphatic carbocycles. The van der Waals surface area contributed by atoms with E-state index in [0.29, 0.717) is 6.61 Å². The lowest BCUT2D eigenvalue weighted by atomic mass is 10.0. The first-order valence-electron chi connectivity index (χ1n) is 13.2. The Morgan fingerprint density at radius 3 is 1.00 bits per heavy atom. The number of rotatable bonds is 25. The molecule has 0 aliphatic rings. The maximum absolute atomic E-state index is 8.70. The molecule has 2 heteroatoms. The van der Waals surface area contributed by atoms with Crippen molar-refractivity contribution in [2.75, 3.05) is 19.7 Å². The molecule has 0 aromatic heterocycles. The maximum Gasteiger partial charge on any atom is 0.0443 e. The Labute approximate surface area is 178 Å². The molecule has 0 saturated carbocycles. The molecule has 0 unspecified atom stereocenters. The van der Waals surface area contributed by atoms with Crippen LogP contribution in [0.25, 0.3) is 0 Å². The standard InChI is InChI=1S/C26H55NO/c1-2-3-4-5-6-7-8-9-10-11-12-13-14-15-16-17-18-19-20-21-22-24-27-25-23-26-28/h27-28H,2-26H2,1H3. The first kappa shape index (κ1) is 27.9. The molecule has 0 amide bonds. The minimum atomic E-state index is 0.312. The molecule has 0 atom stereocenters. The largest absolute Gasteiger partial charge is 0.396 e. The summed E-state index contributed by atoms with van der Waals surface area (Å²) in [5, 5.41) is 12.1. The van der Waals surface area contributed by atoms with Gasteiger partial charge in [0.2, 0.25) is 0 Å². The van der Waals surface area contributed by atoms with Crippen molar-refractivity contribution in [2.45, 2.75) is 148 Å². The summed E-state index contributed by atoms with van der Waals surface area (Å²) in [6.45, 7) is 4.70. The molecule has 0 aromatic rings. The summed E-state index contributed by atoms with van der Waals surface area (Å²) in [4.78, 5) is 0. The van der Waals surface area contributed by atoms with Gasteiger partial charge in [-0.05, 0) is 25.9 Å². The smallest absolute Gasteiger partial charge is 0.0443 e. The number of unbranched alkanes of at least 4 members (excludes halogenated alkanes) is 20. The summed E-state index contributed by atoms with van der Waals surface area (Å²) < 4.78 is 0. The topological polar surface area (TPSA) is 32.3 Å².